The van der Waals surface area contributed by atoms with Gasteiger partial charge in [0.05, 0.1) is 16.6 Å². The fraction of sp³-hybridized carbons (Fsp3) is 0.158. The van der Waals surface area contributed by atoms with Crippen molar-refractivity contribution in [2.45, 2.75) is 6.42 Å². The third-order valence-corrected chi connectivity index (χ3v) is 4.26. The van der Waals surface area contributed by atoms with Crippen LogP contribution in [0.5, 0.6) is 0 Å². The van der Waals surface area contributed by atoms with Gasteiger partial charge in [-0.2, -0.15) is 0 Å². The first-order chi connectivity index (χ1) is 11.6. The monoisotopic (exact) mass is 338 g/mol. The number of hydrogen-bond acceptors (Lipinski definition) is 2. The first-order valence-corrected chi connectivity index (χ1v) is 7.88. The Kier molecular flexibility index (Phi) is 4.54. The van der Waals surface area contributed by atoms with Gasteiger partial charge in [-0.3, -0.25) is 9.59 Å². The van der Waals surface area contributed by atoms with Crippen LogP contribution in [0, 0.1) is 18.3 Å². The molecule has 0 saturated carbocycles. The minimum atomic E-state index is -0.428. The van der Waals surface area contributed by atoms with E-state index >= 15 is 0 Å². The number of para-hydroxylation sites is 1. The summed E-state index contributed by atoms with van der Waals surface area (Å²) in [5.41, 5.74) is 1.95. The average Bonchev–Trinajstić information content (AvgIpc) is 2.97. The molecule has 3 rings (SSSR count). The highest BCUT2D eigenvalue weighted by Gasteiger charge is 2.35. The highest BCUT2D eigenvalue weighted by Crippen LogP contribution is 2.31. The number of nitrogens with zero attached hydrogens (tertiary/aromatic N) is 1. The number of terminal acetylenes is 1. The molecule has 2 aromatic carbocycles. The summed E-state index contributed by atoms with van der Waals surface area (Å²) in [7, 11) is 0. The summed E-state index contributed by atoms with van der Waals surface area (Å²) in [6.07, 6.45) is 5.52. The molecule has 0 bridgehead atoms. The zero-order valence-electron chi connectivity index (χ0n) is 12.8. The lowest BCUT2D eigenvalue weighted by Crippen LogP contribution is -2.28. The van der Waals surface area contributed by atoms with Gasteiger partial charge in [-0.25, -0.2) is 0 Å². The van der Waals surface area contributed by atoms with Gasteiger partial charge in [0.2, 0.25) is 11.8 Å². The van der Waals surface area contributed by atoms with Crippen molar-refractivity contribution in [1.82, 2.24) is 0 Å². The summed E-state index contributed by atoms with van der Waals surface area (Å²) >= 11 is 6.15. The van der Waals surface area contributed by atoms with Crippen molar-refractivity contribution in [3.05, 3.63) is 59.1 Å². The number of rotatable bonds is 3. The van der Waals surface area contributed by atoms with Gasteiger partial charge in [-0.05, 0) is 30.3 Å². The number of halogens is 1. The molecule has 0 spiro atoms. The molecule has 1 saturated heterocycles. The van der Waals surface area contributed by atoms with Gasteiger partial charge in [-0.15, -0.1) is 6.42 Å². The van der Waals surface area contributed by atoms with E-state index in [-0.39, 0.29) is 18.2 Å². The molecule has 1 atom stereocenters. The van der Waals surface area contributed by atoms with Crippen LogP contribution in [-0.4, -0.2) is 18.4 Å². The molecule has 120 valence electrons. The molecule has 0 radical (unpaired) electrons. The lowest BCUT2D eigenvalue weighted by molar-refractivity contribution is -0.122. The molecule has 1 fully saturated rings. The maximum Gasteiger partial charge on any atom is 0.229 e. The van der Waals surface area contributed by atoms with E-state index in [4.69, 9.17) is 18.0 Å². The Labute approximate surface area is 145 Å². The molecule has 1 heterocycles. The van der Waals surface area contributed by atoms with Crippen LogP contribution < -0.4 is 10.2 Å². The highest BCUT2D eigenvalue weighted by molar-refractivity contribution is 6.33. The molecule has 0 aliphatic carbocycles. The van der Waals surface area contributed by atoms with E-state index in [2.05, 4.69) is 11.2 Å². The van der Waals surface area contributed by atoms with E-state index in [1.165, 1.54) is 0 Å². The fourth-order valence-electron chi connectivity index (χ4n) is 2.72. The van der Waals surface area contributed by atoms with Crippen LogP contribution in [0.3, 0.4) is 0 Å². The third kappa shape index (κ3) is 3.27. The standard InChI is InChI=1S/C19H15ClN2O2/c1-2-13-6-5-7-15(10-13)21-19(24)14-11-18(23)22(12-14)17-9-4-3-8-16(17)20/h1,3-10,14H,11-12H2,(H,21,24). The van der Waals surface area contributed by atoms with Crippen molar-refractivity contribution in [1.29, 1.82) is 0 Å². The molecule has 24 heavy (non-hydrogen) atoms. The normalized spacial score (nSPS) is 16.8. The second-order valence-electron chi connectivity index (χ2n) is 5.57. The van der Waals surface area contributed by atoms with Gasteiger partial charge in [0.25, 0.3) is 0 Å². The van der Waals surface area contributed by atoms with E-state index in [0.29, 0.717) is 28.5 Å². The number of amides is 2. The first-order valence-electron chi connectivity index (χ1n) is 7.51. The van der Waals surface area contributed by atoms with Crippen molar-refractivity contribution >= 4 is 34.8 Å². The summed E-state index contributed by atoms with van der Waals surface area (Å²) in [4.78, 5) is 26.3. The van der Waals surface area contributed by atoms with Crippen LogP contribution >= 0.6 is 11.6 Å². The van der Waals surface area contributed by atoms with Gasteiger partial charge in [-0.1, -0.05) is 35.7 Å². The van der Waals surface area contributed by atoms with E-state index in [1.807, 2.05) is 6.07 Å². The maximum atomic E-state index is 12.4. The number of carbonyl (C=O) groups excluding carboxylic acids is 2. The molecule has 2 aromatic rings. The molecule has 4 nitrogen and oxygen atoms in total. The smallest absolute Gasteiger partial charge is 0.229 e. The Bertz CT molecular complexity index is 841. The van der Waals surface area contributed by atoms with Crippen molar-refractivity contribution in [3.63, 3.8) is 0 Å². The Morgan fingerprint density at radius 3 is 2.79 bits per heavy atom. The lowest BCUT2D eigenvalue weighted by Gasteiger charge is -2.18. The lowest BCUT2D eigenvalue weighted by atomic mass is 10.1. The van der Waals surface area contributed by atoms with Crippen molar-refractivity contribution < 1.29 is 9.59 Å². The van der Waals surface area contributed by atoms with E-state index in [1.54, 1.807) is 47.4 Å². The number of anilines is 2. The average molecular weight is 339 g/mol. The van der Waals surface area contributed by atoms with Gasteiger partial charge in [0.1, 0.15) is 0 Å². The van der Waals surface area contributed by atoms with Crippen LogP contribution in [0.15, 0.2) is 48.5 Å². The summed E-state index contributed by atoms with van der Waals surface area (Å²) in [5, 5.41) is 3.31. The number of carbonyl (C=O) groups is 2. The first kappa shape index (κ1) is 16.1. The van der Waals surface area contributed by atoms with Crippen molar-refractivity contribution in [2.24, 2.45) is 5.92 Å². The molecular formula is C19H15ClN2O2. The van der Waals surface area contributed by atoms with E-state index in [9.17, 15) is 9.59 Å². The highest BCUT2D eigenvalue weighted by atomic mass is 35.5. The number of hydrogen-bond donors (Lipinski definition) is 1. The van der Waals surface area contributed by atoms with Gasteiger partial charge in [0.15, 0.2) is 0 Å². The minimum absolute atomic E-state index is 0.111. The Morgan fingerprint density at radius 1 is 1.25 bits per heavy atom. The summed E-state index contributed by atoms with van der Waals surface area (Å²) in [5.74, 6) is 1.78. The van der Waals surface area contributed by atoms with Gasteiger partial charge >= 0.3 is 0 Å². The predicted octanol–water partition coefficient (Wildman–Crippen LogP) is 3.31. The zero-order valence-corrected chi connectivity index (χ0v) is 13.6. The van der Waals surface area contributed by atoms with Gasteiger partial charge < -0.3 is 10.2 Å². The molecule has 1 aliphatic heterocycles. The second-order valence-corrected chi connectivity index (χ2v) is 5.98. The van der Waals surface area contributed by atoms with Crippen molar-refractivity contribution in [3.8, 4) is 12.3 Å². The third-order valence-electron chi connectivity index (χ3n) is 3.94. The molecule has 1 aliphatic rings. The Balaban J connectivity index is 1.72. The quantitative estimate of drug-likeness (QED) is 0.873. The molecule has 1 unspecified atom stereocenters. The SMILES string of the molecule is C#Cc1cccc(NC(=O)C2CC(=O)N(c3ccccc3Cl)C2)c1. The van der Waals surface area contributed by atoms with Crippen LogP contribution in [0.1, 0.15) is 12.0 Å². The zero-order chi connectivity index (χ0) is 17.1. The van der Waals surface area contributed by atoms with Crippen LogP contribution in [0.25, 0.3) is 0 Å². The predicted molar refractivity (Wildman–Crippen MR) is 94.9 cm³/mol. The summed E-state index contributed by atoms with van der Waals surface area (Å²) < 4.78 is 0. The Hall–Kier alpha value is -2.77. The molecule has 2 amide bonds. The topological polar surface area (TPSA) is 49.4 Å². The minimum Gasteiger partial charge on any atom is -0.326 e. The molecular weight excluding hydrogens is 324 g/mol. The van der Waals surface area contributed by atoms with Crippen LogP contribution in [0.4, 0.5) is 11.4 Å². The fourth-order valence-corrected chi connectivity index (χ4v) is 2.96. The van der Waals surface area contributed by atoms with E-state index in [0.717, 1.165) is 0 Å². The summed E-state index contributed by atoms with van der Waals surface area (Å²) in [6.45, 7) is 0.309. The van der Waals surface area contributed by atoms with E-state index < -0.39 is 5.92 Å². The molecule has 0 aromatic heterocycles. The largest absolute Gasteiger partial charge is 0.326 e. The summed E-state index contributed by atoms with van der Waals surface area (Å²) in [6, 6.07) is 14.2. The van der Waals surface area contributed by atoms with Crippen molar-refractivity contribution in [2.75, 3.05) is 16.8 Å². The van der Waals surface area contributed by atoms with Crippen LogP contribution in [-0.2, 0) is 9.59 Å². The maximum absolute atomic E-state index is 12.4. The Morgan fingerprint density at radius 2 is 2.04 bits per heavy atom. The molecule has 5 heteroatoms. The second kappa shape index (κ2) is 6.77. The number of benzene rings is 2. The number of nitrogens with one attached hydrogen (secondary N) is 1. The van der Waals surface area contributed by atoms with Gasteiger partial charge in [0, 0.05) is 24.2 Å². The molecule has 1 N–H and O–H groups in total. The van der Waals surface area contributed by atoms with Crippen LogP contribution in [0.2, 0.25) is 5.02 Å².